The molecule has 0 bridgehead atoms. The van der Waals surface area contributed by atoms with Gasteiger partial charge >= 0.3 is 35.9 Å². The van der Waals surface area contributed by atoms with Gasteiger partial charge in [-0.2, -0.15) is 0 Å². The molecule has 426 valence electrons. The van der Waals surface area contributed by atoms with Gasteiger partial charge in [0.1, 0.15) is 24.2 Å². The summed E-state index contributed by atoms with van der Waals surface area (Å²) in [6.45, 7) is 2.08. The molecule has 26 nitrogen and oxygen atoms in total. The van der Waals surface area contributed by atoms with Gasteiger partial charge in [0, 0.05) is 91.0 Å². The van der Waals surface area contributed by atoms with Crippen LogP contribution < -0.4 is 37.2 Å². The molecular formula is C51H76N10O16. The number of carbonyl (C=O) groups is 11. The van der Waals surface area contributed by atoms with Crippen LogP contribution in [0.5, 0.6) is 0 Å². The number of carboxylic acid groups (broad SMARTS) is 5. The number of nitrogens with zero attached hydrogens (tertiary/aromatic N) is 3. The van der Waals surface area contributed by atoms with E-state index in [0.717, 1.165) is 24.0 Å². The molecule has 1 aromatic rings. The summed E-state index contributed by atoms with van der Waals surface area (Å²) in [4.78, 5) is 141. The van der Waals surface area contributed by atoms with Gasteiger partial charge in [0.25, 0.3) is 0 Å². The van der Waals surface area contributed by atoms with E-state index in [1.54, 1.807) is 9.80 Å². The topological polar surface area (TPSA) is 383 Å². The van der Waals surface area contributed by atoms with Crippen molar-refractivity contribution in [2.45, 2.75) is 114 Å². The smallest absolute Gasteiger partial charge is 0.326 e. The van der Waals surface area contributed by atoms with Crippen LogP contribution in [0.4, 0.5) is 4.79 Å². The number of urea groups is 1. The largest absolute Gasteiger partial charge is 0.481 e. The first-order valence-electron chi connectivity index (χ1n) is 25.9. The standard InChI is InChI=1S/C51H76N10O16/c62-41(19-17-37(49(73)74)57-51(77)58-38(50(75)76)18-20-44(65)66)52-21-11-3-1-2-10-16-42(63)55-40(31-36-14-8-5-9-15-36)48(72)56-39(30-35-12-6-4-7-13-35)47(71)54-23-22-53-43(64)32-59-24-26-60(33-45(67)68)28-29-61(27-25-59)34-46(69)70/h5-6,8-9,12-15,37-40H,1-4,7,10-11,16-34H2,(H,52,62)(H,53,64)(H,54,71)(H,55,63)(H,56,72)(H,65,66)(H,67,68)(H,69,70)(H,73,74)(H,75,76)(H2,57,58,77)/t37?,38?,39-,40-/m0/s1. The molecular weight excluding hydrogens is 1010 g/mol. The monoisotopic (exact) mass is 1080 g/mol. The van der Waals surface area contributed by atoms with E-state index in [0.29, 0.717) is 71.4 Å². The fourth-order valence-corrected chi connectivity index (χ4v) is 8.35. The van der Waals surface area contributed by atoms with Crippen molar-refractivity contribution in [3.8, 4) is 0 Å². The second-order valence-electron chi connectivity index (χ2n) is 18.8. The van der Waals surface area contributed by atoms with E-state index in [4.69, 9.17) is 5.11 Å². The van der Waals surface area contributed by atoms with Crippen molar-refractivity contribution in [2.75, 3.05) is 78.5 Å². The molecule has 1 heterocycles. The summed E-state index contributed by atoms with van der Waals surface area (Å²) in [6.07, 6.45) is 9.52. The first kappa shape index (κ1) is 63.8. The molecule has 1 fully saturated rings. The van der Waals surface area contributed by atoms with Crippen molar-refractivity contribution >= 4 is 65.4 Å². The lowest BCUT2D eigenvalue weighted by Gasteiger charge is -2.25. The predicted octanol–water partition coefficient (Wildman–Crippen LogP) is -0.506. The molecule has 2 aliphatic rings. The Morgan fingerprint density at radius 2 is 1.00 bits per heavy atom. The molecule has 7 amide bonds. The number of rotatable bonds is 35. The minimum absolute atomic E-state index is 0.0284. The third-order valence-corrected chi connectivity index (χ3v) is 12.5. The average Bonchev–Trinajstić information content (AvgIpc) is 3.46. The summed E-state index contributed by atoms with van der Waals surface area (Å²) in [7, 11) is 0. The number of carbonyl (C=O) groups excluding carboxylic acids is 6. The number of amides is 7. The highest BCUT2D eigenvalue weighted by molar-refractivity contribution is 5.92. The van der Waals surface area contributed by atoms with Gasteiger partial charge in [-0.3, -0.25) is 53.1 Å². The molecule has 26 heteroatoms. The lowest BCUT2D eigenvalue weighted by molar-refractivity contribution is -0.141. The van der Waals surface area contributed by atoms with E-state index in [-0.39, 0.29) is 83.2 Å². The molecule has 1 saturated heterocycles. The van der Waals surface area contributed by atoms with Crippen LogP contribution in [-0.2, 0) is 54.4 Å². The zero-order valence-electron chi connectivity index (χ0n) is 43.4. The van der Waals surface area contributed by atoms with Gasteiger partial charge in [0.15, 0.2) is 0 Å². The van der Waals surface area contributed by atoms with Gasteiger partial charge in [-0.25, -0.2) is 14.4 Å². The fraction of sp³-hybridized carbons (Fsp3) is 0.588. The van der Waals surface area contributed by atoms with Gasteiger partial charge in [-0.05, 0) is 49.7 Å². The van der Waals surface area contributed by atoms with Crippen LogP contribution in [0.15, 0.2) is 54.1 Å². The fourth-order valence-electron chi connectivity index (χ4n) is 8.35. The number of unbranched alkanes of at least 4 members (excludes halogenated alkanes) is 4. The van der Waals surface area contributed by atoms with Crippen molar-refractivity contribution in [3.63, 3.8) is 0 Å². The van der Waals surface area contributed by atoms with Crippen LogP contribution >= 0.6 is 0 Å². The van der Waals surface area contributed by atoms with Crippen molar-refractivity contribution in [3.05, 3.63) is 59.7 Å². The summed E-state index contributed by atoms with van der Waals surface area (Å²) in [5, 5.41) is 64.3. The molecule has 0 aromatic heterocycles. The summed E-state index contributed by atoms with van der Waals surface area (Å²) in [5.74, 6) is -8.51. The number of allylic oxidation sites excluding steroid dienone is 3. The van der Waals surface area contributed by atoms with Crippen molar-refractivity contribution in [1.29, 1.82) is 0 Å². The van der Waals surface area contributed by atoms with Crippen LogP contribution in [0.2, 0.25) is 0 Å². The zero-order valence-corrected chi connectivity index (χ0v) is 43.4. The molecule has 1 aliphatic heterocycles. The van der Waals surface area contributed by atoms with Crippen molar-refractivity contribution < 1.29 is 78.3 Å². The normalized spacial score (nSPS) is 15.8. The third-order valence-electron chi connectivity index (χ3n) is 12.5. The summed E-state index contributed by atoms with van der Waals surface area (Å²) >= 11 is 0. The molecule has 3 rings (SSSR count). The number of aliphatic carboxylic acids is 5. The highest BCUT2D eigenvalue weighted by Gasteiger charge is 2.29. The Hall–Kier alpha value is -7.45. The van der Waals surface area contributed by atoms with E-state index in [1.165, 1.54) is 0 Å². The van der Waals surface area contributed by atoms with Crippen molar-refractivity contribution in [1.82, 2.24) is 51.9 Å². The quantitative estimate of drug-likeness (QED) is 0.0381. The molecule has 1 aliphatic carbocycles. The molecule has 0 saturated carbocycles. The summed E-state index contributed by atoms with van der Waals surface area (Å²) in [5.41, 5.74) is 1.62. The Balaban J connectivity index is 1.47. The van der Waals surface area contributed by atoms with Crippen LogP contribution in [0.3, 0.4) is 0 Å². The summed E-state index contributed by atoms with van der Waals surface area (Å²) in [6, 6.07) is 2.80. The minimum Gasteiger partial charge on any atom is -0.481 e. The highest BCUT2D eigenvalue weighted by Crippen LogP contribution is 2.16. The highest BCUT2D eigenvalue weighted by atomic mass is 16.4. The Morgan fingerprint density at radius 1 is 0.468 bits per heavy atom. The first-order valence-corrected chi connectivity index (χ1v) is 25.9. The molecule has 0 radical (unpaired) electrons. The number of hydrogen-bond acceptors (Lipinski definition) is 14. The second kappa shape index (κ2) is 35.7. The Labute approximate surface area is 446 Å². The van der Waals surface area contributed by atoms with E-state index >= 15 is 0 Å². The van der Waals surface area contributed by atoms with E-state index in [9.17, 15) is 73.2 Å². The number of hydrogen-bond donors (Lipinski definition) is 12. The molecule has 1 aromatic carbocycles. The van der Waals surface area contributed by atoms with Crippen LogP contribution in [0, 0.1) is 0 Å². The predicted molar refractivity (Wildman–Crippen MR) is 277 cm³/mol. The molecule has 77 heavy (non-hydrogen) atoms. The Bertz CT molecular complexity index is 2180. The maximum atomic E-state index is 14.0. The van der Waals surface area contributed by atoms with Crippen LogP contribution in [0.25, 0.3) is 0 Å². The van der Waals surface area contributed by atoms with Crippen LogP contribution in [-0.4, -0.2) is 208 Å². The summed E-state index contributed by atoms with van der Waals surface area (Å²) < 4.78 is 0. The van der Waals surface area contributed by atoms with Gasteiger partial charge in [0.05, 0.1) is 19.6 Å². The lowest BCUT2D eigenvalue weighted by Crippen LogP contribution is -2.55. The van der Waals surface area contributed by atoms with Gasteiger partial charge < -0.3 is 62.8 Å². The Kier molecular flexibility index (Phi) is 29.6. The van der Waals surface area contributed by atoms with Gasteiger partial charge in [-0.1, -0.05) is 67.8 Å². The van der Waals surface area contributed by atoms with E-state index in [1.807, 2.05) is 58.8 Å². The number of carboxylic acids is 5. The molecule has 2 unspecified atom stereocenters. The van der Waals surface area contributed by atoms with Gasteiger partial charge in [-0.15, -0.1) is 0 Å². The third kappa shape index (κ3) is 28.3. The number of nitrogens with one attached hydrogen (secondary N) is 7. The molecule has 0 spiro atoms. The second-order valence-corrected chi connectivity index (χ2v) is 18.8. The maximum Gasteiger partial charge on any atom is 0.326 e. The number of benzene rings is 1. The Morgan fingerprint density at radius 3 is 1.56 bits per heavy atom. The van der Waals surface area contributed by atoms with E-state index < -0.39 is 90.6 Å². The average molecular weight is 1090 g/mol. The molecule has 4 atom stereocenters. The maximum absolute atomic E-state index is 14.0. The van der Waals surface area contributed by atoms with Crippen LogP contribution in [0.1, 0.15) is 89.0 Å². The van der Waals surface area contributed by atoms with E-state index in [2.05, 4.69) is 31.9 Å². The zero-order chi connectivity index (χ0) is 56.5. The lowest BCUT2D eigenvalue weighted by atomic mass is 9.98. The first-order chi connectivity index (χ1) is 36.8. The molecule has 12 N–H and O–H groups in total. The van der Waals surface area contributed by atoms with Crippen molar-refractivity contribution in [2.24, 2.45) is 0 Å². The SMILES string of the molecule is O=C(O)CCC(NC(=O)NC(CCC(=O)NCCCCCCCC(=O)N[C@@H](Cc1ccccc1)C(=O)N[C@@H](CC1=CCCC=C1)C(=O)NCCNC(=O)CN1CCN(CC(=O)O)CCN(CC(=O)O)CC1)C(=O)O)C(=O)O. The van der Waals surface area contributed by atoms with Gasteiger partial charge in [0.2, 0.25) is 29.5 Å². The minimum atomic E-state index is -1.57.